The van der Waals surface area contributed by atoms with E-state index in [4.69, 9.17) is 5.73 Å². The second-order valence-electron chi connectivity index (χ2n) is 8.22. The van der Waals surface area contributed by atoms with Crippen LogP contribution in [0.5, 0.6) is 0 Å². The third kappa shape index (κ3) is 5.41. The fourth-order valence-corrected chi connectivity index (χ4v) is 5.32. The van der Waals surface area contributed by atoms with Gasteiger partial charge in [-0.25, -0.2) is 8.78 Å². The Morgan fingerprint density at radius 2 is 1.66 bits per heavy atom. The zero-order valence-corrected chi connectivity index (χ0v) is 19.6. The van der Waals surface area contributed by atoms with Crippen LogP contribution in [-0.4, -0.2) is 34.7 Å². The van der Waals surface area contributed by atoms with Crippen molar-refractivity contribution in [3.63, 3.8) is 0 Å². The predicted molar refractivity (Wildman–Crippen MR) is 129 cm³/mol. The minimum Gasteiger partial charge on any atom is -0.323 e. The van der Waals surface area contributed by atoms with Gasteiger partial charge in [-0.05, 0) is 42.3 Å². The van der Waals surface area contributed by atoms with Crippen molar-refractivity contribution in [3.8, 4) is 0 Å². The van der Waals surface area contributed by atoms with E-state index in [1.54, 1.807) is 24.3 Å². The highest BCUT2D eigenvalue weighted by Gasteiger charge is 2.44. The van der Waals surface area contributed by atoms with Gasteiger partial charge in [-0.15, -0.1) is 11.8 Å². The van der Waals surface area contributed by atoms with E-state index in [0.717, 1.165) is 27.5 Å². The molecule has 3 atom stereocenters. The molecule has 0 aliphatic carbocycles. The fourth-order valence-electron chi connectivity index (χ4n) is 3.97. The van der Waals surface area contributed by atoms with Crippen LogP contribution in [-0.2, 0) is 20.8 Å². The number of carbonyl (C=O) groups is 3. The molecule has 0 spiro atoms. The van der Waals surface area contributed by atoms with E-state index in [1.165, 1.54) is 18.7 Å². The zero-order valence-electron chi connectivity index (χ0n) is 18.8. The largest absolute Gasteiger partial charge is 0.323 e. The van der Waals surface area contributed by atoms with Crippen molar-refractivity contribution < 1.29 is 23.2 Å². The first-order valence-corrected chi connectivity index (χ1v) is 11.8. The van der Waals surface area contributed by atoms with Gasteiger partial charge in [-0.1, -0.05) is 42.5 Å². The summed E-state index contributed by atoms with van der Waals surface area (Å²) in [5, 5.41) is 2.16. The molecular weight excluding hydrogens is 472 g/mol. The first kappa shape index (κ1) is 24.6. The van der Waals surface area contributed by atoms with Gasteiger partial charge in [0.1, 0.15) is 17.7 Å². The standard InChI is InChI=1S/C26H23F2N3O3S/c1-15(29)26(34)31(22(32)13-16-11-18(27)14-19(28)12-16)23-24(17-7-3-2-4-8-17)35-21-10-6-5-9-20(21)30-25(23)33/h2-12,14-15,23-24H,13,29H2,1H3,(H,30,33)/t15-,23-,24+/m0/s1. The number of anilines is 1. The summed E-state index contributed by atoms with van der Waals surface area (Å²) in [6, 6.07) is 16.6. The van der Waals surface area contributed by atoms with Crippen molar-refractivity contribution in [2.75, 3.05) is 5.32 Å². The summed E-state index contributed by atoms with van der Waals surface area (Å²) in [4.78, 5) is 41.9. The number of thioether (sulfide) groups is 1. The number of carbonyl (C=O) groups excluding carboxylic acids is 3. The molecule has 1 heterocycles. The third-order valence-electron chi connectivity index (χ3n) is 5.53. The van der Waals surface area contributed by atoms with Gasteiger partial charge < -0.3 is 11.1 Å². The van der Waals surface area contributed by atoms with Gasteiger partial charge >= 0.3 is 0 Å². The zero-order chi connectivity index (χ0) is 25.1. The van der Waals surface area contributed by atoms with Crippen LogP contribution in [0.1, 0.15) is 23.3 Å². The maximum atomic E-state index is 13.8. The van der Waals surface area contributed by atoms with E-state index in [-0.39, 0.29) is 5.56 Å². The average molecular weight is 496 g/mol. The normalized spacial score (nSPS) is 18.1. The van der Waals surface area contributed by atoms with Crippen LogP contribution in [0.4, 0.5) is 14.5 Å². The molecule has 3 amide bonds. The number of nitrogens with one attached hydrogen (secondary N) is 1. The summed E-state index contributed by atoms with van der Waals surface area (Å²) < 4.78 is 27.5. The molecule has 0 saturated heterocycles. The SMILES string of the molecule is C[C@H](N)C(=O)N(C(=O)Cc1cc(F)cc(F)c1)[C@@H]1C(=O)Nc2ccccc2S[C@@H]1c1ccccc1. The monoisotopic (exact) mass is 495 g/mol. The quantitative estimate of drug-likeness (QED) is 0.557. The maximum absolute atomic E-state index is 13.8. The summed E-state index contributed by atoms with van der Waals surface area (Å²) in [5.74, 6) is -3.81. The number of imide groups is 1. The Morgan fingerprint density at radius 3 is 2.31 bits per heavy atom. The number of hydrogen-bond donors (Lipinski definition) is 2. The lowest BCUT2D eigenvalue weighted by Crippen LogP contribution is -2.56. The Kier molecular flexibility index (Phi) is 7.28. The molecular formula is C26H23F2N3O3S. The second-order valence-corrected chi connectivity index (χ2v) is 9.41. The van der Waals surface area contributed by atoms with E-state index in [9.17, 15) is 23.2 Å². The Balaban J connectivity index is 1.80. The number of amides is 3. The lowest BCUT2D eigenvalue weighted by atomic mass is 10.0. The summed E-state index contributed by atoms with van der Waals surface area (Å²) in [6.07, 6.45) is -0.490. The number of halogens is 2. The van der Waals surface area contributed by atoms with Crippen LogP contribution in [0.3, 0.4) is 0 Å². The molecule has 9 heteroatoms. The molecule has 35 heavy (non-hydrogen) atoms. The fraction of sp³-hybridized carbons (Fsp3) is 0.192. The first-order chi connectivity index (χ1) is 16.7. The van der Waals surface area contributed by atoms with Crippen molar-refractivity contribution in [3.05, 3.63) is 95.6 Å². The first-order valence-electron chi connectivity index (χ1n) is 10.9. The van der Waals surface area contributed by atoms with Crippen molar-refractivity contribution >= 4 is 35.2 Å². The molecule has 0 radical (unpaired) electrons. The molecule has 1 aliphatic rings. The highest BCUT2D eigenvalue weighted by atomic mass is 32.2. The molecule has 0 fully saturated rings. The maximum Gasteiger partial charge on any atom is 0.249 e. The average Bonchev–Trinajstić information content (AvgIpc) is 2.95. The summed E-state index contributed by atoms with van der Waals surface area (Å²) in [7, 11) is 0. The number of rotatable bonds is 5. The lowest BCUT2D eigenvalue weighted by Gasteiger charge is -2.34. The van der Waals surface area contributed by atoms with Crippen LogP contribution >= 0.6 is 11.8 Å². The lowest BCUT2D eigenvalue weighted by molar-refractivity contribution is -0.151. The van der Waals surface area contributed by atoms with Crippen LogP contribution < -0.4 is 11.1 Å². The van der Waals surface area contributed by atoms with Gasteiger partial charge in [-0.3, -0.25) is 19.3 Å². The molecule has 3 N–H and O–H groups in total. The second kappa shape index (κ2) is 10.4. The number of hydrogen-bond acceptors (Lipinski definition) is 5. The van der Waals surface area contributed by atoms with E-state index in [0.29, 0.717) is 11.8 Å². The molecule has 0 bridgehead atoms. The van der Waals surface area contributed by atoms with Gasteiger partial charge in [0, 0.05) is 11.0 Å². The van der Waals surface area contributed by atoms with E-state index < -0.39 is 53.1 Å². The number of nitrogens with two attached hydrogens (primary N) is 1. The number of fused-ring (bicyclic) bond motifs is 1. The van der Waals surface area contributed by atoms with Gasteiger partial charge in [-0.2, -0.15) is 0 Å². The van der Waals surface area contributed by atoms with Crippen molar-refractivity contribution in [1.82, 2.24) is 4.90 Å². The van der Waals surface area contributed by atoms with Gasteiger partial charge in [0.15, 0.2) is 0 Å². The Bertz CT molecular complexity index is 1250. The summed E-state index contributed by atoms with van der Waals surface area (Å²) in [6.45, 7) is 1.42. The molecule has 0 aromatic heterocycles. The molecule has 1 aliphatic heterocycles. The van der Waals surface area contributed by atoms with E-state index in [2.05, 4.69) is 5.32 Å². The minimum absolute atomic E-state index is 0.0382. The van der Waals surface area contributed by atoms with Crippen LogP contribution in [0.15, 0.2) is 77.7 Å². The molecule has 3 aromatic carbocycles. The van der Waals surface area contributed by atoms with Gasteiger partial charge in [0.25, 0.3) is 0 Å². The van der Waals surface area contributed by atoms with Gasteiger partial charge in [0.2, 0.25) is 17.7 Å². The van der Waals surface area contributed by atoms with E-state index in [1.807, 2.05) is 30.3 Å². The highest BCUT2D eigenvalue weighted by molar-refractivity contribution is 7.99. The Labute approximate surface area is 205 Å². The number of benzene rings is 3. The summed E-state index contributed by atoms with van der Waals surface area (Å²) >= 11 is 1.34. The van der Waals surface area contributed by atoms with E-state index >= 15 is 0 Å². The number of nitrogens with zero attached hydrogens (tertiary/aromatic N) is 1. The molecule has 0 unspecified atom stereocenters. The molecule has 180 valence electrons. The van der Waals surface area contributed by atoms with Crippen molar-refractivity contribution in [1.29, 1.82) is 0 Å². The van der Waals surface area contributed by atoms with Crippen LogP contribution in [0, 0.1) is 11.6 Å². The highest BCUT2D eigenvalue weighted by Crippen LogP contribution is 2.45. The Morgan fingerprint density at radius 1 is 1.03 bits per heavy atom. The summed E-state index contributed by atoms with van der Waals surface area (Å²) in [5.41, 5.74) is 7.19. The van der Waals surface area contributed by atoms with Crippen molar-refractivity contribution in [2.24, 2.45) is 5.73 Å². The molecule has 6 nitrogen and oxygen atoms in total. The van der Waals surface area contributed by atoms with Crippen molar-refractivity contribution in [2.45, 2.75) is 35.6 Å². The van der Waals surface area contributed by atoms with Crippen LogP contribution in [0.25, 0.3) is 0 Å². The topological polar surface area (TPSA) is 92.5 Å². The molecule has 0 saturated carbocycles. The molecule has 4 rings (SSSR count). The minimum atomic E-state index is -1.26. The number of para-hydroxylation sites is 1. The third-order valence-corrected chi connectivity index (χ3v) is 6.93. The Hall–Kier alpha value is -3.56. The predicted octanol–water partition coefficient (Wildman–Crippen LogP) is 4.06. The smallest absolute Gasteiger partial charge is 0.249 e. The molecule has 3 aromatic rings. The van der Waals surface area contributed by atoms with Crippen LogP contribution in [0.2, 0.25) is 0 Å². The van der Waals surface area contributed by atoms with Gasteiger partial charge in [0.05, 0.1) is 23.4 Å².